The van der Waals surface area contributed by atoms with Gasteiger partial charge in [-0.1, -0.05) is 6.92 Å². The second-order valence-corrected chi connectivity index (χ2v) is 4.56. The maximum absolute atomic E-state index is 11.7. The summed E-state index contributed by atoms with van der Waals surface area (Å²) in [6.07, 6.45) is 2.88. The van der Waals surface area contributed by atoms with Gasteiger partial charge in [0.05, 0.1) is 12.1 Å². The van der Waals surface area contributed by atoms with Crippen molar-refractivity contribution in [3.63, 3.8) is 0 Å². The average Bonchev–Trinajstić information content (AvgIpc) is 2.27. The minimum atomic E-state index is -0.741. The number of hydrogen-bond acceptors (Lipinski definition) is 3. The Labute approximate surface area is 91.5 Å². The SMILES string of the molecule is CCC(C)(N)C(=O)NCC1CCCOC1. The van der Waals surface area contributed by atoms with E-state index in [-0.39, 0.29) is 5.91 Å². The van der Waals surface area contributed by atoms with Gasteiger partial charge < -0.3 is 15.8 Å². The zero-order valence-corrected chi connectivity index (χ0v) is 9.71. The van der Waals surface area contributed by atoms with Gasteiger partial charge in [0.2, 0.25) is 5.91 Å². The molecule has 4 heteroatoms. The van der Waals surface area contributed by atoms with Crippen LogP contribution in [-0.2, 0) is 9.53 Å². The predicted octanol–water partition coefficient (Wildman–Crippen LogP) is 0.657. The molecule has 0 aromatic rings. The largest absolute Gasteiger partial charge is 0.381 e. The van der Waals surface area contributed by atoms with Crippen molar-refractivity contribution in [3.05, 3.63) is 0 Å². The van der Waals surface area contributed by atoms with Crippen molar-refractivity contribution in [1.29, 1.82) is 0 Å². The molecule has 4 nitrogen and oxygen atoms in total. The molecule has 0 radical (unpaired) electrons. The molecule has 2 atom stereocenters. The molecule has 1 fully saturated rings. The fourth-order valence-corrected chi connectivity index (χ4v) is 1.57. The van der Waals surface area contributed by atoms with E-state index in [4.69, 9.17) is 10.5 Å². The summed E-state index contributed by atoms with van der Waals surface area (Å²) in [5.41, 5.74) is 5.09. The molecule has 0 aromatic carbocycles. The molecule has 1 aliphatic rings. The van der Waals surface area contributed by atoms with Gasteiger partial charge in [0.25, 0.3) is 0 Å². The zero-order chi connectivity index (χ0) is 11.3. The first-order valence-corrected chi connectivity index (χ1v) is 5.71. The van der Waals surface area contributed by atoms with Crippen molar-refractivity contribution in [2.75, 3.05) is 19.8 Å². The summed E-state index contributed by atoms with van der Waals surface area (Å²) in [7, 11) is 0. The fraction of sp³-hybridized carbons (Fsp3) is 0.909. The molecule has 1 amide bonds. The second-order valence-electron chi connectivity index (χ2n) is 4.56. The van der Waals surface area contributed by atoms with Crippen LogP contribution in [0.5, 0.6) is 0 Å². The van der Waals surface area contributed by atoms with Crippen molar-refractivity contribution in [1.82, 2.24) is 5.32 Å². The quantitative estimate of drug-likeness (QED) is 0.722. The Morgan fingerprint density at radius 1 is 1.67 bits per heavy atom. The number of amides is 1. The third-order valence-corrected chi connectivity index (χ3v) is 3.06. The average molecular weight is 214 g/mol. The summed E-state index contributed by atoms with van der Waals surface area (Å²) in [4.78, 5) is 11.7. The highest BCUT2D eigenvalue weighted by Crippen LogP contribution is 2.12. The number of carbonyl (C=O) groups excluding carboxylic acids is 1. The van der Waals surface area contributed by atoms with Gasteiger partial charge in [-0.3, -0.25) is 4.79 Å². The number of hydrogen-bond donors (Lipinski definition) is 2. The first kappa shape index (κ1) is 12.5. The highest BCUT2D eigenvalue weighted by molar-refractivity contribution is 5.85. The summed E-state index contributed by atoms with van der Waals surface area (Å²) in [5, 5.41) is 2.90. The van der Waals surface area contributed by atoms with Crippen molar-refractivity contribution in [2.24, 2.45) is 11.7 Å². The van der Waals surface area contributed by atoms with E-state index in [9.17, 15) is 4.79 Å². The lowest BCUT2D eigenvalue weighted by Gasteiger charge is -2.26. The maximum atomic E-state index is 11.7. The van der Waals surface area contributed by atoms with Crippen molar-refractivity contribution in [3.8, 4) is 0 Å². The third kappa shape index (κ3) is 3.80. The summed E-state index contributed by atoms with van der Waals surface area (Å²) >= 11 is 0. The topological polar surface area (TPSA) is 64.4 Å². The van der Waals surface area contributed by atoms with Crippen LogP contribution in [0.25, 0.3) is 0 Å². The fourth-order valence-electron chi connectivity index (χ4n) is 1.57. The van der Waals surface area contributed by atoms with Gasteiger partial charge in [0.15, 0.2) is 0 Å². The van der Waals surface area contributed by atoms with Gasteiger partial charge in [-0.05, 0) is 32.1 Å². The summed E-state index contributed by atoms with van der Waals surface area (Å²) in [5.74, 6) is 0.394. The van der Waals surface area contributed by atoms with Gasteiger partial charge in [-0.15, -0.1) is 0 Å². The second kappa shape index (κ2) is 5.47. The Balaban J connectivity index is 2.26. The molecule has 0 aromatic heterocycles. The Kier molecular flexibility index (Phi) is 4.54. The lowest BCUT2D eigenvalue weighted by atomic mass is 9.98. The molecule has 1 rings (SSSR count). The minimum Gasteiger partial charge on any atom is -0.381 e. The standard InChI is InChI=1S/C11H22N2O2/c1-3-11(2,12)10(14)13-7-9-5-4-6-15-8-9/h9H,3-8,12H2,1-2H3,(H,13,14). The summed E-state index contributed by atoms with van der Waals surface area (Å²) in [6.45, 7) is 5.98. The van der Waals surface area contributed by atoms with Crippen LogP contribution in [0, 0.1) is 5.92 Å². The smallest absolute Gasteiger partial charge is 0.239 e. The van der Waals surface area contributed by atoms with Crippen molar-refractivity contribution in [2.45, 2.75) is 38.6 Å². The van der Waals surface area contributed by atoms with Crippen LogP contribution in [0.1, 0.15) is 33.1 Å². The van der Waals surface area contributed by atoms with Crippen LogP contribution in [-0.4, -0.2) is 31.2 Å². The molecule has 0 spiro atoms. The molecule has 0 aliphatic carbocycles. The molecule has 88 valence electrons. The highest BCUT2D eigenvalue weighted by atomic mass is 16.5. The number of carbonyl (C=O) groups is 1. The normalized spacial score (nSPS) is 25.7. The monoisotopic (exact) mass is 214 g/mol. The van der Waals surface area contributed by atoms with Gasteiger partial charge in [0.1, 0.15) is 0 Å². The first-order valence-electron chi connectivity index (χ1n) is 5.71. The van der Waals surface area contributed by atoms with Crippen LogP contribution >= 0.6 is 0 Å². The highest BCUT2D eigenvalue weighted by Gasteiger charge is 2.26. The van der Waals surface area contributed by atoms with E-state index >= 15 is 0 Å². The molecule has 1 aliphatic heterocycles. The molecule has 15 heavy (non-hydrogen) atoms. The number of nitrogens with two attached hydrogens (primary N) is 1. The molecule has 2 unspecified atom stereocenters. The summed E-state index contributed by atoms with van der Waals surface area (Å²) < 4.78 is 5.34. The molecule has 3 N–H and O–H groups in total. The van der Waals surface area contributed by atoms with Crippen LogP contribution in [0.15, 0.2) is 0 Å². The van der Waals surface area contributed by atoms with E-state index in [2.05, 4.69) is 5.32 Å². The van der Waals surface area contributed by atoms with E-state index < -0.39 is 5.54 Å². The molecule has 0 bridgehead atoms. The van der Waals surface area contributed by atoms with Crippen molar-refractivity contribution >= 4 is 5.91 Å². The maximum Gasteiger partial charge on any atom is 0.239 e. The van der Waals surface area contributed by atoms with E-state index in [0.717, 1.165) is 26.1 Å². The summed E-state index contributed by atoms with van der Waals surface area (Å²) in [6, 6.07) is 0. The van der Waals surface area contributed by atoms with Gasteiger partial charge in [-0.25, -0.2) is 0 Å². The predicted molar refractivity (Wildman–Crippen MR) is 59.4 cm³/mol. The van der Waals surface area contributed by atoms with E-state index in [1.807, 2.05) is 6.92 Å². The minimum absolute atomic E-state index is 0.0597. The number of nitrogens with one attached hydrogen (secondary N) is 1. The van der Waals surface area contributed by atoms with E-state index in [1.165, 1.54) is 0 Å². The van der Waals surface area contributed by atoms with Gasteiger partial charge in [-0.2, -0.15) is 0 Å². The molecular weight excluding hydrogens is 192 g/mol. The van der Waals surface area contributed by atoms with Crippen LogP contribution in [0.3, 0.4) is 0 Å². The number of rotatable bonds is 4. The van der Waals surface area contributed by atoms with Crippen LogP contribution < -0.4 is 11.1 Å². The Hall–Kier alpha value is -0.610. The number of ether oxygens (including phenoxy) is 1. The Morgan fingerprint density at radius 3 is 2.93 bits per heavy atom. The van der Waals surface area contributed by atoms with E-state index in [0.29, 0.717) is 18.9 Å². The van der Waals surface area contributed by atoms with Gasteiger partial charge >= 0.3 is 0 Å². The van der Waals surface area contributed by atoms with E-state index in [1.54, 1.807) is 6.92 Å². The lowest BCUT2D eigenvalue weighted by Crippen LogP contribution is -2.52. The molecule has 0 saturated carbocycles. The lowest BCUT2D eigenvalue weighted by molar-refractivity contribution is -0.126. The molecule has 1 heterocycles. The van der Waals surface area contributed by atoms with Gasteiger partial charge in [0, 0.05) is 13.2 Å². The Morgan fingerprint density at radius 2 is 2.40 bits per heavy atom. The van der Waals surface area contributed by atoms with Crippen LogP contribution in [0.4, 0.5) is 0 Å². The van der Waals surface area contributed by atoms with Crippen LogP contribution in [0.2, 0.25) is 0 Å². The first-order chi connectivity index (χ1) is 7.06. The van der Waals surface area contributed by atoms with Crippen molar-refractivity contribution < 1.29 is 9.53 Å². The third-order valence-electron chi connectivity index (χ3n) is 3.06. The Bertz CT molecular complexity index is 211. The molecule has 1 saturated heterocycles. The molecular formula is C11H22N2O2. The zero-order valence-electron chi connectivity index (χ0n) is 9.71.